The highest BCUT2D eigenvalue weighted by Gasteiger charge is 2.24. The summed E-state index contributed by atoms with van der Waals surface area (Å²) in [7, 11) is 0. The van der Waals surface area contributed by atoms with E-state index in [2.05, 4.69) is 16.1 Å². The van der Waals surface area contributed by atoms with E-state index < -0.39 is 4.92 Å². The zero-order chi connectivity index (χ0) is 21.8. The summed E-state index contributed by atoms with van der Waals surface area (Å²) in [6.07, 6.45) is 1.63. The van der Waals surface area contributed by atoms with Crippen LogP contribution >= 0.6 is 0 Å². The molecule has 0 radical (unpaired) electrons. The monoisotopic (exact) mass is 416 g/mol. The lowest BCUT2D eigenvalue weighted by molar-refractivity contribution is -0.384. The molecule has 0 unspecified atom stereocenters. The Bertz CT molecular complexity index is 1140. The van der Waals surface area contributed by atoms with Gasteiger partial charge in [-0.15, -0.1) is 0 Å². The number of rotatable bonds is 5. The molecule has 2 heterocycles. The van der Waals surface area contributed by atoms with E-state index in [4.69, 9.17) is 5.26 Å². The lowest BCUT2D eigenvalue weighted by atomic mass is 10.1. The number of nitriles is 1. The molecule has 0 spiro atoms. The van der Waals surface area contributed by atoms with Crippen LogP contribution in [0.15, 0.2) is 60.8 Å². The molecule has 0 N–H and O–H groups in total. The fourth-order valence-electron chi connectivity index (χ4n) is 3.54. The van der Waals surface area contributed by atoms with E-state index in [1.165, 1.54) is 16.8 Å². The lowest BCUT2D eigenvalue weighted by Crippen LogP contribution is -2.48. The number of aromatic nitrogens is 2. The number of hydrogen-bond acceptors (Lipinski definition) is 6. The van der Waals surface area contributed by atoms with Gasteiger partial charge in [-0.2, -0.15) is 10.4 Å². The van der Waals surface area contributed by atoms with Gasteiger partial charge in [0.1, 0.15) is 0 Å². The van der Waals surface area contributed by atoms with Gasteiger partial charge in [-0.3, -0.25) is 19.8 Å². The van der Waals surface area contributed by atoms with Crippen molar-refractivity contribution in [1.82, 2.24) is 19.6 Å². The molecule has 1 amide bonds. The van der Waals surface area contributed by atoms with Crippen LogP contribution in [0.4, 0.5) is 5.69 Å². The minimum atomic E-state index is -0.462. The van der Waals surface area contributed by atoms with E-state index in [9.17, 15) is 14.9 Å². The minimum Gasteiger partial charge on any atom is -0.335 e. The molecule has 3 aromatic rings. The fraction of sp³-hybridized carbons (Fsp3) is 0.227. The molecule has 0 atom stereocenters. The Morgan fingerprint density at radius 1 is 1.10 bits per heavy atom. The number of amides is 1. The fourth-order valence-corrected chi connectivity index (χ4v) is 3.54. The number of nitro benzene ring substituents is 1. The Hall–Kier alpha value is -4.03. The standard InChI is InChI=1S/C22H20N6O3/c23-15-17-4-6-18(7-5-17)16-25-10-12-26(13-11-25)22(29)21-8-9-27(24-21)19-2-1-3-20(14-19)28(30)31/h1-9,14H,10-13,16H2. The van der Waals surface area contributed by atoms with Crippen LogP contribution in [0.3, 0.4) is 0 Å². The molecular formula is C22H20N6O3. The van der Waals surface area contributed by atoms with Crippen molar-refractivity contribution in [2.75, 3.05) is 26.2 Å². The van der Waals surface area contributed by atoms with Gasteiger partial charge in [-0.25, -0.2) is 4.68 Å². The molecule has 1 aliphatic rings. The summed E-state index contributed by atoms with van der Waals surface area (Å²) in [6.45, 7) is 3.46. The first-order valence-electron chi connectivity index (χ1n) is 9.84. The molecule has 0 bridgehead atoms. The topological polar surface area (TPSA) is 108 Å². The lowest BCUT2D eigenvalue weighted by Gasteiger charge is -2.34. The highest BCUT2D eigenvalue weighted by Crippen LogP contribution is 2.17. The maximum Gasteiger partial charge on any atom is 0.274 e. The minimum absolute atomic E-state index is 0.0285. The number of non-ortho nitro benzene ring substituents is 1. The van der Waals surface area contributed by atoms with Crippen LogP contribution in [0.1, 0.15) is 21.6 Å². The second-order valence-electron chi connectivity index (χ2n) is 7.30. The molecule has 9 heteroatoms. The summed E-state index contributed by atoms with van der Waals surface area (Å²) in [4.78, 5) is 27.4. The number of carbonyl (C=O) groups excluding carboxylic acids is 1. The molecule has 4 rings (SSSR count). The molecule has 9 nitrogen and oxygen atoms in total. The number of carbonyl (C=O) groups is 1. The second-order valence-corrected chi connectivity index (χ2v) is 7.30. The zero-order valence-electron chi connectivity index (χ0n) is 16.7. The van der Waals surface area contributed by atoms with E-state index in [1.807, 2.05) is 24.3 Å². The van der Waals surface area contributed by atoms with Gasteiger partial charge in [0.15, 0.2) is 5.69 Å². The first-order valence-corrected chi connectivity index (χ1v) is 9.84. The normalized spacial score (nSPS) is 14.2. The first kappa shape index (κ1) is 20.3. The van der Waals surface area contributed by atoms with Gasteiger partial charge in [0, 0.05) is 51.1 Å². The third kappa shape index (κ3) is 4.60. The largest absolute Gasteiger partial charge is 0.335 e. The smallest absolute Gasteiger partial charge is 0.274 e. The van der Waals surface area contributed by atoms with E-state index in [1.54, 1.807) is 29.3 Å². The molecule has 2 aromatic carbocycles. The summed E-state index contributed by atoms with van der Waals surface area (Å²) in [6, 6.07) is 17.4. The number of piperazine rings is 1. The van der Waals surface area contributed by atoms with Crippen molar-refractivity contribution < 1.29 is 9.72 Å². The van der Waals surface area contributed by atoms with Gasteiger partial charge in [-0.1, -0.05) is 18.2 Å². The Labute approximate surface area is 178 Å². The first-order chi connectivity index (χ1) is 15.0. The number of nitrogens with zero attached hydrogens (tertiary/aromatic N) is 6. The van der Waals surface area contributed by atoms with Gasteiger partial charge in [0.25, 0.3) is 11.6 Å². The average Bonchev–Trinajstić information content (AvgIpc) is 3.30. The molecule has 0 aliphatic carbocycles. The molecule has 1 aromatic heterocycles. The quantitative estimate of drug-likeness (QED) is 0.467. The van der Waals surface area contributed by atoms with Gasteiger partial charge in [-0.05, 0) is 29.8 Å². The zero-order valence-corrected chi connectivity index (χ0v) is 16.7. The van der Waals surface area contributed by atoms with Crippen LogP contribution in [0.2, 0.25) is 0 Å². The van der Waals surface area contributed by atoms with Crippen molar-refractivity contribution in [3.63, 3.8) is 0 Å². The van der Waals surface area contributed by atoms with Crippen molar-refractivity contribution in [3.05, 3.63) is 87.7 Å². The molecule has 1 saturated heterocycles. The van der Waals surface area contributed by atoms with Gasteiger partial charge >= 0.3 is 0 Å². The third-order valence-corrected chi connectivity index (χ3v) is 5.26. The predicted octanol–water partition coefficient (Wildman–Crippen LogP) is 2.61. The van der Waals surface area contributed by atoms with E-state index in [0.717, 1.165) is 25.2 Å². The maximum atomic E-state index is 12.8. The van der Waals surface area contributed by atoms with Crippen molar-refractivity contribution in [1.29, 1.82) is 5.26 Å². The van der Waals surface area contributed by atoms with Crippen molar-refractivity contribution >= 4 is 11.6 Å². The predicted molar refractivity (Wildman–Crippen MR) is 113 cm³/mol. The summed E-state index contributed by atoms with van der Waals surface area (Å²) in [5.41, 5.74) is 2.59. The summed E-state index contributed by atoms with van der Waals surface area (Å²) in [5.74, 6) is -0.151. The van der Waals surface area contributed by atoms with Crippen LogP contribution < -0.4 is 0 Å². The van der Waals surface area contributed by atoms with Crippen LogP contribution in [0.25, 0.3) is 5.69 Å². The van der Waals surface area contributed by atoms with Gasteiger partial charge in [0.2, 0.25) is 0 Å². The second kappa shape index (κ2) is 8.77. The molecule has 31 heavy (non-hydrogen) atoms. The Morgan fingerprint density at radius 2 is 1.84 bits per heavy atom. The molecular weight excluding hydrogens is 396 g/mol. The van der Waals surface area contributed by atoms with E-state index >= 15 is 0 Å². The maximum absolute atomic E-state index is 12.8. The Kier molecular flexibility index (Phi) is 5.73. The van der Waals surface area contributed by atoms with Crippen LogP contribution in [0, 0.1) is 21.4 Å². The third-order valence-electron chi connectivity index (χ3n) is 5.26. The number of benzene rings is 2. The van der Waals surface area contributed by atoms with Crippen LogP contribution in [-0.2, 0) is 6.54 Å². The van der Waals surface area contributed by atoms with Crippen molar-refractivity contribution in [3.8, 4) is 11.8 Å². The highest BCUT2D eigenvalue weighted by molar-refractivity contribution is 5.92. The van der Waals surface area contributed by atoms with E-state index in [0.29, 0.717) is 30.0 Å². The Morgan fingerprint density at radius 3 is 2.52 bits per heavy atom. The highest BCUT2D eigenvalue weighted by atomic mass is 16.6. The molecule has 1 aliphatic heterocycles. The summed E-state index contributed by atoms with van der Waals surface area (Å²) >= 11 is 0. The number of hydrogen-bond donors (Lipinski definition) is 0. The van der Waals surface area contributed by atoms with Gasteiger partial charge < -0.3 is 4.90 Å². The van der Waals surface area contributed by atoms with Crippen molar-refractivity contribution in [2.24, 2.45) is 0 Å². The van der Waals surface area contributed by atoms with Crippen LogP contribution in [0.5, 0.6) is 0 Å². The Balaban J connectivity index is 1.36. The van der Waals surface area contributed by atoms with Gasteiger partial charge in [0.05, 0.1) is 22.2 Å². The van der Waals surface area contributed by atoms with Crippen LogP contribution in [-0.4, -0.2) is 56.6 Å². The molecule has 1 fully saturated rings. The summed E-state index contributed by atoms with van der Waals surface area (Å²) in [5, 5.41) is 24.2. The molecule has 156 valence electrons. The van der Waals surface area contributed by atoms with Crippen molar-refractivity contribution in [2.45, 2.75) is 6.54 Å². The van der Waals surface area contributed by atoms with E-state index in [-0.39, 0.29) is 11.6 Å². The SMILES string of the molecule is N#Cc1ccc(CN2CCN(C(=O)c3ccn(-c4cccc([N+](=O)[O-])c4)n3)CC2)cc1. The number of nitro groups is 1. The average molecular weight is 416 g/mol. The summed E-state index contributed by atoms with van der Waals surface area (Å²) < 4.78 is 1.47. The molecule has 0 saturated carbocycles.